The first kappa shape index (κ1) is 13.2. The van der Waals surface area contributed by atoms with Gasteiger partial charge in [0, 0.05) is 5.41 Å². The van der Waals surface area contributed by atoms with Gasteiger partial charge in [0.25, 0.3) is 0 Å². The Morgan fingerprint density at radius 2 is 1.52 bits per heavy atom. The molecule has 4 saturated carbocycles. The molecule has 1 nitrogen and oxygen atoms in total. The van der Waals surface area contributed by atoms with E-state index >= 15 is 0 Å². The molecule has 0 unspecified atom stereocenters. The van der Waals surface area contributed by atoms with Crippen LogP contribution in [0.3, 0.4) is 0 Å². The SMILES string of the molecule is O=C(/C=C/c1ccc(F)cc1)C12CC3CC(CC(C3)C1)C2. The average Bonchev–Trinajstić information content (AvgIpc) is 2.45. The molecule has 0 atom stereocenters. The third-order valence-corrected chi connectivity index (χ3v) is 5.86. The summed E-state index contributed by atoms with van der Waals surface area (Å²) in [5.74, 6) is 2.45. The van der Waals surface area contributed by atoms with Crippen molar-refractivity contribution in [1.82, 2.24) is 0 Å². The van der Waals surface area contributed by atoms with Crippen molar-refractivity contribution in [1.29, 1.82) is 0 Å². The summed E-state index contributed by atoms with van der Waals surface area (Å²) in [6, 6.07) is 6.32. The largest absolute Gasteiger partial charge is 0.294 e. The summed E-state index contributed by atoms with van der Waals surface area (Å²) in [5, 5.41) is 0. The summed E-state index contributed by atoms with van der Waals surface area (Å²) < 4.78 is 12.9. The number of hydrogen-bond donors (Lipinski definition) is 0. The zero-order valence-electron chi connectivity index (χ0n) is 12.2. The van der Waals surface area contributed by atoms with Gasteiger partial charge >= 0.3 is 0 Å². The molecular weight excluding hydrogens is 263 g/mol. The van der Waals surface area contributed by atoms with Crippen LogP contribution < -0.4 is 0 Å². The van der Waals surface area contributed by atoms with Crippen LogP contribution in [0.1, 0.15) is 44.1 Å². The lowest BCUT2D eigenvalue weighted by Gasteiger charge is -2.55. The Balaban J connectivity index is 1.53. The number of rotatable bonds is 3. The molecule has 110 valence electrons. The van der Waals surface area contributed by atoms with Crippen molar-refractivity contribution in [3.8, 4) is 0 Å². The number of halogens is 1. The van der Waals surface area contributed by atoms with E-state index in [9.17, 15) is 9.18 Å². The molecule has 5 rings (SSSR count). The maximum Gasteiger partial charge on any atom is 0.161 e. The highest BCUT2D eigenvalue weighted by Gasteiger charge is 2.53. The van der Waals surface area contributed by atoms with Gasteiger partial charge in [-0.05, 0) is 80.1 Å². The van der Waals surface area contributed by atoms with E-state index in [-0.39, 0.29) is 11.2 Å². The van der Waals surface area contributed by atoms with E-state index in [1.54, 1.807) is 18.2 Å². The molecule has 0 saturated heterocycles. The quantitative estimate of drug-likeness (QED) is 0.740. The molecule has 0 spiro atoms. The number of benzene rings is 1. The van der Waals surface area contributed by atoms with Crippen molar-refractivity contribution in [2.24, 2.45) is 23.2 Å². The Bertz CT molecular complexity index is 549. The van der Waals surface area contributed by atoms with Gasteiger partial charge in [0.15, 0.2) is 5.78 Å². The van der Waals surface area contributed by atoms with Crippen LogP contribution in [0.5, 0.6) is 0 Å². The van der Waals surface area contributed by atoms with E-state index in [2.05, 4.69) is 0 Å². The second kappa shape index (κ2) is 4.79. The Morgan fingerprint density at radius 1 is 1.00 bits per heavy atom. The molecule has 0 aromatic heterocycles. The molecular formula is C19H21FO. The molecule has 1 aromatic rings. The minimum atomic E-state index is -0.237. The molecule has 1 aromatic carbocycles. The van der Waals surface area contributed by atoms with Crippen LogP contribution in [0.2, 0.25) is 0 Å². The first-order valence-corrected chi connectivity index (χ1v) is 8.11. The summed E-state index contributed by atoms with van der Waals surface area (Å²) in [7, 11) is 0. The summed E-state index contributed by atoms with van der Waals surface area (Å²) in [6.45, 7) is 0. The maximum atomic E-state index is 12.9. The fraction of sp³-hybridized carbons (Fsp3) is 0.526. The Kier molecular flexibility index (Phi) is 3.02. The predicted molar refractivity (Wildman–Crippen MR) is 81.0 cm³/mol. The van der Waals surface area contributed by atoms with Gasteiger partial charge in [0.2, 0.25) is 0 Å². The van der Waals surface area contributed by atoms with E-state index in [1.165, 1.54) is 31.4 Å². The first-order valence-electron chi connectivity index (χ1n) is 8.11. The maximum absolute atomic E-state index is 12.9. The smallest absolute Gasteiger partial charge is 0.161 e. The lowest BCUT2D eigenvalue weighted by atomic mass is 9.48. The van der Waals surface area contributed by atoms with Gasteiger partial charge in [-0.25, -0.2) is 4.39 Å². The summed E-state index contributed by atoms with van der Waals surface area (Å²) in [6.07, 6.45) is 11.0. The van der Waals surface area contributed by atoms with Crippen LogP contribution >= 0.6 is 0 Å². The summed E-state index contributed by atoms with van der Waals surface area (Å²) in [5.41, 5.74) is 0.833. The van der Waals surface area contributed by atoms with Crippen molar-refractivity contribution in [3.63, 3.8) is 0 Å². The molecule has 21 heavy (non-hydrogen) atoms. The van der Waals surface area contributed by atoms with Crippen molar-refractivity contribution in [2.45, 2.75) is 38.5 Å². The second-order valence-corrected chi connectivity index (χ2v) is 7.45. The minimum Gasteiger partial charge on any atom is -0.294 e. The van der Waals surface area contributed by atoms with Crippen molar-refractivity contribution in [3.05, 3.63) is 41.7 Å². The monoisotopic (exact) mass is 284 g/mol. The van der Waals surface area contributed by atoms with E-state index in [1.807, 2.05) is 6.08 Å². The van der Waals surface area contributed by atoms with Crippen molar-refractivity contribution < 1.29 is 9.18 Å². The Labute approximate surface area is 125 Å². The Morgan fingerprint density at radius 3 is 2.05 bits per heavy atom. The molecule has 0 heterocycles. The normalized spacial score (nSPS) is 37.3. The molecule has 0 amide bonds. The van der Waals surface area contributed by atoms with Crippen LogP contribution in [0, 0.1) is 29.0 Å². The van der Waals surface area contributed by atoms with Crippen LogP contribution in [-0.2, 0) is 4.79 Å². The highest BCUT2D eigenvalue weighted by Crippen LogP contribution is 2.60. The number of allylic oxidation sites excluding steroid dienone is 1. The molecule has 0 radical (unpaired) electrons. The standard InChI is InChI=1S/C19H21FO/c20-17-4-1-13(2-5-17)3-6-18(21)19-10-14-7-15(11-19)9-16(8-14)12-19/h1-6,14-16H,7-12H2/b6-3+. The van der Waals surface area contributed by atoms with Gasteiger partial charge in [-0.2, -0.15) is 0 Å². The van der Waals surface area contributed by atoms with Crippen molar-refractivity contribution >= 4 is 11.9 Å². The van der Waals surface area contributed by atoms with E-state index < -0.39 is 0 Å². The van der Waals surface area contributed by atoms with Gasteiger partial charge in [-0.15, -0.1) is 0 Å². The molecule has 2 heteroatoms. The fourth-order valence-electron chi connectivity index (χ4n) is 5.34. The van der Waals surface area contributed by atoms with Gasteiger partial charge in [0.1, 0.15) is 5.82 Å². The van der Waals surface area contributed by atoms with Gasteiger partial charge < -0.3 is 0 Å². The zero-order valence-corrected chi connectivity index (χ0v) is 12.2. The molecule has 0 N–H and O–H groups in total. The molecule has 0 aliphatic heterocycles. The van der Waals surface area contributed by atoms with Crippen LogP contribution in [-0.4, -0.2) is 5.78 Å². The van der Waals surface area contributed by atoms with Crippen molar-refractivity contribution in [2.75, 3.05) is 0 Å². The third kappa shape index (κ3) is 2.35. The number of hydrogen-bond acceptors (Lipinski definition) is 1. The van der Waals surface area contributed by atoms with Crippen LogP contribution in [0.25, 0.3) is 6.08 Å². The fourth-order valence-corrected chi connectivity index (χ4v) is 5.34. The van der Waals surface area contributed by atoms with Gasteiger partial charge in [-0.3, -0.25) is 4.79 Å². The highest BCUT2D eigenvalue weighted by atomic mass is 19.1. The predicted octanol–water partition coefficient (Wildman–Crippen LogP) is 4.62. The van der Waals surface area contributed by atoms with E-state index in [0.29, 0.717) is 5.78 Å². The number of carbonyl (C=O) groups is 1. The van der Waals surface area contributed by atoms with E-state index in [0.717, 1.165) is 42.6 Å². The van der Waals surface area contributed by atoms with Gasteiger partial charge in [-0.1, -0.05) is 18.2 Å². The van der Waals surface area contributed by atoms with E-state index in [4.69, 9.17) is 0 Å². The number of ketones is 1. The lowest BCUT2D eigenvalue weighted by Crippen LogP contribution is -2.49. The minimum absolute atomic E-state index is 0.0642. The topological polar surface area (TPSA) is 17.1 Å². The summed E-state index contributed by atoms with van der Waals surface area (Å²) in [4.78, 5) is 12.8. The van der Waals surface area contributed by atoms with Crippen LogP contribution in [0.4, 0.5) is 4.39 Å². The lowest BCUT2D eigenvalue weighted by molar-refractivity contribution is -0.138. The van der Waals surface area contributed by atoms with Crippen LogP contribution in [0.15, 0.2) is 30.3 Å². The van der Waals surface area contributed by atoms with Gasteiger partial charge in [0.05, 0.1) is 0 Å². The highest BCUT2D eigenvalue weighted by molar-refractivity contribution is 5.98. The average molecular weight is 284 g/mol. The molecule has 4 bridgehead atoms. The molecule has 4 fully saturated rings. The second-order valence-electron chi connectivity index (χ2n) is 7.45. The molecule has 4 aliphatic rings. The Hall–Kier alpha value is -1.44. The number of carbonyl (C=O) groups excluding carboxylic acids is 1. The first-order chi connectivity index (χ1) is 10.1. The third-order valence-electron chi connectivity index (χ3n) is 5.86. The summed E-state index contributed by atoms with van der Waals surface area (Å²) >= 11 is 0. The zero-order chi connectivity index (χ0) is 14.4. The molecule has 4 aliphatic carbocycles.